The highest BCUT2D eigenvalue weighted by atomic mass is 32.1. The van der Waals surface area contributed by atoms with Crippen molar-refractivity contribution in [2.45, 2.75) is 52.7 Å². The number of hydrogen-bond acceptors (Lipinski definition) is 5. The van der Waals surface area contributed by atoms with Gasteiger partial charge in [-0.25, -0.2) is 9.78 Å². The topological polar surface area (TPSA) is 54.5 Å². The number of carbonyl (C=O) groups excluding carboxylic acids is 1. The number of nitrogens with zero attached hydrogens (tertiary/aromatic N) is 2. The molecule has 1 aromatic heterocycles. The Kier molecular flexibility index (Phi) is 6.18. The second kappa shape index (κ2) is 7.93. The summed E-state index contributed by atoms with van der Waals surface area (Å²) in [7, 11) is 0. The Bertz CT molecular complexity index is 560. The molecule has 0 aliphatic carbocycles. The Hall–Kier alpha value is -1.40. The summed E-state index contributed by atoms with van der Waals surface area (Å²) in [5.74, 6) is 0. The van der Waals surface area contributed by atoms with Crippen molar-refractivity contribution in [3.05, 3.63) is 27.7 Å². The molecule has 128 valence electrons. The largest absolute Gasteiger partial charge is 0.444 e. The lowest BCUT2D eigenvalue weighted by molar-refractivity contribution is 0.0265. The monoisotopic (exact) mass is 337 g/mol. The summed E-state index contributed by atoms with van der Waals surface area (Å²) in [6.07, 6.45) is 5.75. The average Bonchev–Trinajstić information content (AvgIpc) is 2.94. The van der Waals surface area contributed by atoms with E-state index in [4.69, 9.17) is 4.74 Å². The van der Waals surface area contributed by atoms with Crippen LogP contribution in [0.5, 0.6) is 0 Å². The summed E-state index contributed by atoms with van der Waals surface area (Å²) in [4.78, 5) is 19.4. The fourth-order valence-electron chi connectivity index (χ4n) is 2.30. The molecule has 2 heterocycles. The molecule has 1 N–H and O–H groups in total. The molecule has 1 aliphatic rings. The van der Waals surface area contributed by atoms with E-state index in [0.29, 0.717) is 6.54 Å². The Balaban J connectivity index is 1.73. The number of thiazole rings is 1. The van der Waals surface area contributed by atoms with Gasteiger partial charge in [0, 0.05) is 37.3 Å². The predicted molar refractivity (Wildman–Crippen MR) is 93.7 cm³/mol. The van der Waals surface area contributed by atoms with Crippen LogP contribution >= 0.6 is 11.3 Å². The Morgan fingerprint density at radius 1 is 1.43 bits per heavy atom. The molecule has 0 atom stereocenters. The normalized spacial score (nSPS) is 15.5. The Labute approximate surface area is 142 Å². The molecular weight excluding hydrogens is 310 g/mol. The van der Waals surface area contributed by atoms with Gasteiger partial charge in [-0.3, -0.25) is 0 Å². The van der Waals surface area contributed by atoms with E-state index in [0.717, 1.165) is 32.5 Å². The van der Waals surface area contributed by atoms with Crippen LogP contribution in [-0.2, 0) is 17.7 Å². The first-order chi connectivity index (χ1) is 10.9. The third kappa shape index (κ3) is 5.95. The van der Waals surface area contributed by atoms with Gasteiger partial charge >= 0.3 is 6.09 Å². The van der Waals surface area contributed by atoms with Gasteiger partial charge in [0.05, 0.1) is 5.01 Å². The van der Waals surface area contributed by atoms with Gasteiger partial charge in [0.2, 0.25) is 0 Å². The van der Waals surface area contributed by atoms with Gasteiger partial charge in [0.15, 0.2) is 0 Å². The van der Waals surface area contributed by atoms with E-state index >= 15 is 0 Å². The standard InChI is InChI=1S/C17H27N3O2S/c1-5-15-19-12-14(23-15)11-18-10-13-6-8-20(9-7-13)16(21)22-17(2,3)4/h6,12,18H,5,7-11H2,1-4H3. The third-order valence-electron chi connectivity index (χ3n) is 3.51. The van der Waals surface area contributed by atoms with E-state index in [1.165, 1.54) is 15.5 Å². The van der Waals surface area contributed by atoms with E-state index < -0.39 is 5.60 Å². The van der Waals surface area contributed by atoms with Crippen molar-refractivity contribution in [2.24, 2.45) is 0 Å². The van der Waals surface area contributed by atoms with Crippen LogP contribution in [0.25, 0.3) is 0 Å². The minimum absolute atomic E-state index is 0.225. The van der Waals surface area contributed by atoms with Gasteiger partial charge in [0.1, 0.15) is 5.60 Å². The summed E-state index contributed by atoms with van der Waals surface area (Å²) in [6, 6.07) is 0. The highest BCUT2D eigenvalue weighted by molar-refractivity contribution is 7.11. The maximum absolute atomic E-state index is 12.0. The van der Waals surface area contributed by atoms with Crippen molar-refractivity contribution >= 4 is 17.4 Å². The van der Waals surface area contributed by atoms with Crippen LogP contribution in [0.2, 0.25) is 0 Å². The van der Waals surface area contributed by atoms with Gasteiger partial charge in [-0.1, -0.05) is 18.6 Å². The van der Waals surface area contributed by atoms with Gasteiger partial charge < -0.3 is 15.0 Å². The summed E-state index contributed by atoms with van der Waals surface area (Å²) in [6.45, 7) is 10.9. The third-order valence-corrected chi connectivity index (χ3v) is 4.65. The van der Waals surface area contributed by atoms with Crippen LogP contribution in [0.15, 0.2) is 17.8 Å². The number of rotatable bonds is 5. The quantitative estimate of drug-likeness (QED) is 0.837. The molecule has 6 heteroatoms. The van der Waals surface area contributed by atoms with Crippen molar-refractivity contribution in [3.8, 4) is 0 Å². The molecule has 0 spiro atoms. The van der Waals surface area contributed by atoms with Crippen molar-refractivity contribution in [3.63, 3.8) is 0 Å². The molecule has 0 unspecified atom stereocenters. The number of nitrogens with one attached hydrogen (secondary N) is 1. The van der Waals surface area contributed by atoms with Crippen LogP contribution < -0.4 is 5.32 Å². The van der Waals surface area contributed by atoms with Crippen molar-refractivity contribution in [1.29, 1.82) is 0 Å². The fourth-order valence-corrected chi connectivity index (χ4v) is 3.14. The van der Waals surface area contributed by atoms with Crippen molar-refractivity contribution in [2.75, 3.05) is 19.6 Å². The molecule has 5 nitrogen and oxygen atoms in total. The number of aryl methyl sites for hydroxylation is 1. The second-order valence-electron chi connectivity index (χ2n) is 6.72. The van der Waals surface area contributed by atoms with Gasteiger partial charge in [-0.2, -0.15) is 0 Å². The molecule has 1 amide bonds. The van der Waals surface area contributed by atoms with Gasteiger partial charge in [-0.15, -0.1) is 11.3 Å². The first-order valence-electron chi connectivity index (χ1n) is 8.17. The molecule has 2 rings (SSSR count). The minimum atomic E-state index is -0.436. The SMILES string of the molecule is CCc1ncc(CNCC2=CCN(C(=O)OC(C)(C)C)CC2)s1. The highest BCUT2D eigenvalue weighted by Crippen LogP contribution is 2.16. The van der Waals surface area contributed by atoms with Crippen LogP contribution in [0.4, 0.5) is 4.79 Å². The molecule has 0 fully saturated rings. The second-order valence-corrected chi connectivity index (χ2v) is 7.92. The van der Waals surface area contributed by atoms with Gasteiger partial charge in [0.25, 0.3) is 0 Å². The van der Waals surface area contributed by atoms with Crippen molar-refractivity contribution in [1.82, 2.24) is 15.2 Å². The van der Waals surface area contributed by atoms with E-state index in [2.05, 4.69) is 23.3 Å². The summed E-state index contributed by atoms with van der Waals surface area (Å²) < 4.78 is 5.40. The molecule has 0 radical (unpaired) electrons. The Morgan fingerprint density at radius 3 is 2.78 bits per heavy atom. The van der Waals surface area contributed by atoms with E-state index in [9.17, 15) is 4.79 Å². The summed E-state index contributed by atoms with van der Waals surface area (Å²) >= 11 is 1.77. The zero-order valence-corrected chi connectivity index (χ0v) is 15.3. The minimum Gasteiger partial charge on any atom is -0.444 e. The molecule has 1 aliphatic heterocycles. The molecule has 0 saturated carbocycles. The smallest absolute Gasteiger partial charge is 0.410 e. The Morgan fingerprint density at radius 2 is 2.22 bits per heavy atom. The van der Waals surface area contributed by atoms with Crippen molar-refractivity contribution < 1.29 is 9.53 Å². The fraction of sp³-hybridized carbons (Fsp3) is 0.647. The molecule has 0 bridgehead atoms. The molecule has 0 saturated heterocycles. The number of hydrogen-bond donors (Lipinski definition) is 1. The van der Waals surface area contributed by atoms with Crippen LogP contribution in [0.1, 0.15) is 44.0 Å². The average molecular weight is 337 g/mol. The molecule has 1 aromatic rings. The van der Waals surface area contributed by atoms with E-state index in [1.807, 2.05) is 27.0 Å². The number of amides is 1. The summed E-state index contributed by atoms with van der Waals surface area (Å²) in [5.41, 5.74) is 0.916. The maximum atomic E-state index is 12.0. The van der Waals surface area contributed by atoms with Crippen LogP contribution in [-0.4, -0.2) is 41.2 Å². The first-order valence-corrected chi connectivity index (χ1v) is 8.99. The number of ether oxygens (including phenoxy) is 1. The van der Waals surface area contributed by atoms with E-state index in [1.54, 1.807) is 16.2 Å². The molecular formula is C17H27N3O2S. The molecule has 23 heavy (non-hydrogen) atoms. The first kappa shape index (κ1) is 17.9. The lowest BCUT2D eigenvalue weighted by Gasteiger charge is -2.29. The zero-order chi connectivity index (χ0) is 16.9. The predicted octanol–water partition coefficient (Wildman–Crippen LogP) is 3.36. The van der Waals surface area contributed by atoms with Gasteiger partial charge in [-0.05, 0) is 33.6 Å². The number of aromatic nitrogens is 1. The van der Waals surface area contributed by atoms with E-state index in [-0.39, 0.29) is 6.09 Å². The van der Waals surface area contributed by atoms with Crippen LogP contribution in [0.3, 0.4) is 0 Å². The zero-order valence-electron chi connectivity index (χ0n) is 14.5. The number of carbonyl (C=O) groups is 1. The summed E-state index contributed by atoms with van der Waals surface area (Å²) in [5, 5.41) is 4.65. The lowest BCUT2D eigenvalue weighted by Crippen LogP contribution is -2.39. The van der Waals surface area contributed by atoms with Crippen LogP contribution in [0, 0.1) is 0 Å². The maximum Gasteiger partial charge on any atom is 0.410 e. The lowest BCUT2D eigenvalue weighted by atomic mass is 10.1. The molecule has 0 aromatic carbocycles. The highest BCUT2D eigenvalue weighted by Gasteiger charge is 2.23.